The predicted molar refractivity (Wildman–Crippen MR) is 320 cm³/mol. The van der Waals surface area contributed by atoms with Crippen LogP contribution < -0.4 is 0 Å². The Kier molecular flexibility index (Phi) is 11.8. The zero-order chi connectivity index (χ0) is 51.8. The van der Waals surface area contributed by atoms with Gasteiger partial charge in [-0.15, -0.1) is 0 Å². The fraction of sp³-hybridized carbons (Fsp3) is 0. The van der Waals surface area contributed by atoms with Crippen LogP contribution in [-0.4, -0.2) is 29.9 Å². The third-order valence-electron chi connectivity index (χ3n) is 14.5. The van der Waals surface area contributed by atoms with Gasteiger partial charge in [0.1, 0.15) is 0 Å². The van der Waals surface area contributed by atoms with E-state index < -0.39 is 0 Å². The van der Waals surface area contributed by atoms with E-state index in [0.717, 1.165) is 112 Å². The number of benzene rings is 11. The zero-order valence-corrected chi connectivity index (χ0v) is 42.2. The molecule has 0 N–H and O–H groups in total. The SMILES string of the molecule is c1ccc(-c2cc(-c3ccc(-c4nc(-c5ccc(-c6cc(-c7ccccc7)nc(-c7ccccc7)n6)cc5)c5cc(-c6ccc7ccccc7c6)cc(-c6ccc7ccccc7c6)c5n4)cc3)nc(-c3ccccc3)n2)cc1. The van der Waals surface area contributed by atoms with Crippen molar-refractivity contribution in [3.8, 4) is 113 Å². The summed E-state index contributed by atoms with van der Waals surface area (Å²) in [6.07, 6.45) is 0. The summed E-state index contributed by atoms with van der Waals surface area (Å²) in [5.41, 5.74) is 17.0. The van der Waals surface area contributed by atoms with Crippen LogP contribution in [-0.2, 0) is 0 Å². The van der Waals surface area contributed by atoms with Gasteiger partial charge in [0.2, 0.25) is 0 Å². The van der Waals surface area contributed by atoms with Gasteiger partial charge in [0.05, 0.1) is 34.0 Å². The summed E-state index contributed by atoms with van der Waals surface area (Å²) < 4.78 is 0. The summed E-state index contributed by atoms with van der Waals surface area (Å²) in [5, 5.41) is 5.65. The summed E-state index contributed by atoms with van der Waals surface area (Å²) in [6, 6.07) is 97.2. The molecule has 6 heteroatoms. The molecule has 364 valence electrons. The molecule has 0 radical (unpaired) electrons. The molecule has 3 heterocycles. The second-order valence-corrected chi connectivity index (χ2v) is 19.5. The molecule has 6 nitrogen and oxygen atoms in total. The Morgan fingerprint density at radius 1 is 0.192 bits per heavy atom. The highest BCUT2D eigenvalue weighted by Gasteiger charge is 2.20. The van der Waals surface area contributed by atoms with Gasteiger partial charge in [-0.3, -0.25) is 0 Å². The molecule has 0 atom stereocenters. The van der Waals surface area contributed by atoms with Crippen LogP contribution in [0.1, 0.15) is 0 Å². The fourth-order valence-electron chi connectivity index (χ4n) is 10.4. The number of hydrogen-bond acceptors (Lipinski definition) is 6. The molecule has 0 spiro atoms. The molecular formula is C72H46N6. The molecule has 14 rings (SSSR count). The van der Waals surface area contributed by atoms with Gasteiger partial charge >= 0.3 is 0 Å². The first kappa shape index (κ1) is 46.0. The maximum atomic E-state index is 5.57. The minimum atomic E-state index is 0.613. The monoisotopic (exact) mass is 994 g/mol. The first-order valence-corrected chi connectivity index (χ1v) is 26.2. The van der Waals surface area contributed by atoms with Crippen LogP contribution in [0.5, 0.6) is 0 Å². The molecule has 0 bridgehead atoms. The van der Waals surface area contributed by atoms with Crippen LogP contribution in [0.3, 0.4) is 0 Å². The van der Waals surface area contributed by atoms with E-state index in [9.17, 15) is 0 Å². The van der Waals surface area contributed by atoms with Crippen molar-refractivity contribution in [2.75, 3.05) is 0 Å². The Labute approximate surface area is 451 Å². The van der Waals surface area contributed by atoms with E-state index in [-0.39, 0.29) is 0 Å². The summed E-state index contributed by atoms with van der Waals surface area (Å²) in [5.74, 6) is 1.95. The quantitative estimate of drug-likeness (QED) is 0.136. The van der Waals surface area contributed by atoms with Crippen molar-refractivity contribution in [3.05, 3.63) is 279 Å². The number of aromatic nitrogens is 6. The molecule has 0 fully saturated rings. The van der Waals surface area contributed by atoms with Gasteiger partial charge in [-0.1, -0.05) is 243 Å². The lowest BCUT2D eigenvalue weighted by Gasteiger charge is -2.16. The molecule has 78 heavy (non-hydrogen) atoms. The molecule has 11 aromatic carbocycles. The number of hydrogen-bond donors (Lipinski definition) is 0. The van der Waals surface area contributed by atoms with Gasteiger partial charge in [0.15, 0.2) is 17.5 Å². The van der Waals surface area contributed by atoms with Crippen molar-refractivity contribution >= 4 is 32.4 Å². The molecule has 14 aromatic rings. The lowest BCUT2D eigenvalue weighted by atomic mass is 9.91. The summed E-state index contributed by atoms with van der Waals surface area (Å²) in [7, 11) is 0. The van der Waals surface area contributed by atoms with E-state index in [1.165, 1.54) is 16.2 Å². The van der Waals surface area contributed by atoms with Crippen LogP contribution in [0.15, 0.2) is 279 Å². The molecule has 0 aliphatic heterocycles. The Bertz CT molecular complexity index is 4390. The third-order valence-corrected chi connectivity index (χ3v) is 14.5. The van der Waals surface area contributed by atoms with Crippen molar-refractivity contribution in [1.29, 1.82) is 0 Å². The highest BCUT2D eigenvalue weighted by Crippen LogP contribution is 2.41. The van der Waals surface area contributed by atoms with Crippen LogP contribution in [0.4, 0.5) is 0 Å². The Morgan fingerprint density at radius 3 is 1.03 bits per heavy atom. The van der Waals surface area contributed by atoms with E-state index in [0.29, 0.717) is 17.5 Å². The third kappa shape index (κ3) is 9.03. The predicted octanol–water partition coefficient (Wildman–Crippen LogP) is 18.2. The van der Waals surface area contributed by atoms with Gasteiger partial charge in [0, 0.05) is 55.5 Å². The van der Waals surface area contributed by atoms with Crippen molar-refractivity contribution in [3.63, 3.8) is 0 Å². The average Bonchev–Trinajstić information content (AvgIpc) is 3.53. The Morgan fingerprint density at radius 2 is 0.538 bits per heavy atom. The number of rotatable bonds is 10. The first-order chi connectivity index (χ1) is 38.6. The molecule has 0 saturated carbocycles. The van der Waals surface area contributed by atoms with Gasteiger partial charge in [0.25, 0.3) is 0 Å². The van der Waals surface area contributed by atoms with Crippen molar-refractivity contribution in [1.82, 2.24) is 29.9 Å². The molecule has 0 amide bonds. The molecule has 0 unspecified atom stereocenters. The summed E-state index contributed by atoms with van der Waals surface area (Å²) >= 11 is 0. The van der Waals surface area contributed by atoms with Gasteiger partial charge < -0.3 is 0 Å². The molecule has 3 aromatic heterocycles. The van der Waals surface area contributed by atoms with E-state index in [1.807, 2.05) is 72.8 Å². The molecule has 0 aliphatic carbocycles. The zero-order valence-electron chi connectivity index (χ0n) is 42.2. The van der Waals surface area contributed by atoms with E-state index in [4.69, 9.17) is 29.9 Å². The smallest absolute Gasteiger partial charge is 0.160 e. The highest BCUT2D eigenvalue weighted by molar-refractivity contribution is 6.06. The van der Waals surface area contributed by atoms with E-state index in [1.54, 1.807) is 0 Å². The summed E-state index contributed by atoms with van der Waals surface area (Å²) in [4.78, 5) is 31.5. The van der Waals surface area contributed by atoms with Crippen molar-refractivity contribution < 1.29 is 0 Å². The normalized spacial score (nSPS) is 11.3. The topological polar surface area (TPSA) is 77.3 Å². The summed E-state index contributed by atoms with van der Waals surface area (Å²) in [6.45, 7) is 0. The fourth-order valence-corrected chi connectivity index (χ4v) is 10.4. The standard InChI is InChI=1S/C72H46N6/c1-5-19-49(20-6-1)64-45-66(75-70(73-64)54-23-9-3-10-24-54)51-31-35-53(36-32-51)68-63-44-61(59-39-29-47-17-13-15-27-57(47)41-59)43-62(60-40-30-48-18-14-16-28-58(48)42-60)69(63)78-72(77-68)56-37-33-52(34-38-56)67-46-65(50-21-7-2-8-22-50)74-71(76-67)55-25-11-4-12-26-55/h1-46H. The van der Waals surface area contributed by atoms with E-state index >= 15 is 0 Å². The molecule has 0 saturated heterocycles. The lowest BCUT2D eigenvalue weighted by molar-refractivity contribution is 1.18. The minimum Gasteiger partial charge on any atom is -0.228 e. The minimum absolute atomic E-state index is 0.613. The Hall–Kier alpha value is -10.6. The van der Waals surface area contributed by atoms with Crippen LogP contribution >= 0.6 is 0 Å². The highest BCUT2D eigenvalue weighted by atomic mass is 14.9. The number of nitrogens with zero attached hydrogens (tertiary/aromatic N) is 6. The molecule has 0 aliphatic rings. The first-order valence-electron chi connectivity index (χ1n) is 26.2. The van der Waals surface area contributed by atoms with Crippen molar-refractivity contribution in [2.24, 2.45) is 0 Å². The van der Waals surface area contributed by atoms with Crippen LogP contribution in [0, 0.1) is 0 Å². The second-order valence-electron chi connectivity index (χ2n) is 19.5. The Balaban J connectivity index is 0.952. The second kappa shape index (κ2) is 19.9. The van der Waals surface area contributed by atoms with Crippen LogP contribution in [0.2, 0.25) is 0 Å². The molecular weight excluding hydrogens is 949 g/mol. The number of fused-ring (bicyclic) bond motifs is 3. The maximum absolute atomic E-state index is 5.57. The van der Waals surface area contributed by atoms with E-state index in [2.05, 4.69) is 206 Å². The van der Waals surface area contributed by atoms with Crippen molar-refractivity contribution in [2.45, 2.75) is 0 Å². The maximum Gasteiger partial charge on any atom is 0.160 e. The van der Waals surface area contributed by atoms with Gasteiger partial charge in [-0.2, -0.15) is 0 Å². The van der Waals surface area contributed by atoms with Gasteiger partial charge in [-0.05, 0) is 74.6 Å². The largest absolute Gasteiger partial charge is 0.228 e. The average molecular weight is 995 g/mol. The lowest BCUT2D eigenvalue weighted by Crippen LogP contribution is -1.99. The van der Waals surface area contributed by atoms with Crippen LogP contribution in [0.25, 0.3) is 145 Å². The van der Waals surface area contributed by atoms with Gasteiger partial charge in [-0.25, -0.2) is 29.9 Å².